The maximum atomic E-state index is 14.0. The van der Waals surface area contributed by atoms with Crippen LogP contribution in [0.5, 0.6) is 0 Å². The summed E-state index contributed by atoms with van der Waals surface area (Å²) >= 11 is 0. The van der Waals surface area contributed by atoms with Gasteiger partial charge in [0.15, 0.2) is 0 Å². The van der Waals surface area contributed by atoms with Crippen LogP contribution >= 0.6 is 0 Å². The first kappa shape index (κ1) is 24.0. The molecule has 2 aromatic rings. The zero-order valence-corrected chi connectivity index (χ0v) is 21.9. The van der Waals surface area contributed by atoms with Crippen LogP contribution < -0.4 is 15.1 Å². The van der Waals surface area contributed by atoms with Gasteiger partial charge in [0.1, 0.15) is 5.82 Å². The molecule has 196 valence electrons. The van der Waals surface area contributed by atoms with E-state index in [1.807, 2.05) is 40.9 Å². The number of hydrogen-bond acceptors (Lipinski definition) is 6. The molecule has 6 rings (SSSR count). The largest absolute Gasteiger partial charge is 0.381 e. The third-order valence-electron chi connectivity index (χ3n) is 8.88. The lowest BCUT2D eigenvalue weighted by atomic mass is 9.86. The van der Waals surface area contributed by atoms with E-state index in [0.717, 1.165) is 73.6 Å². The lowest BCUT2D eigenvalue weighted by Crippen LogP contribution is -2.51. The Balaban J connectivity index is 1.31. The van der Waals surface area contributed by atoms with Crippen molar-refractivity contribution in [1.82, 2.24) is 14.8 Å². The molecule has 1 saturated carbocycles. The highest BCUT2D eigenvalue weighted by atomic mass is 16.5. The number of carbonyl (C=O) groups excluding carboxylic acids is 2. The fraction of sp³-hybridized carbons (Fsp3) is 0.536. The minimum atomic E-state index is -0.00874. The number of aromatic nitrogens is 1. The van der Waals surface area contributed by atoms with Gasteiger partial charge in [-0.05, 0) is 56.4 Å². The van der Waals surface area contributed by atoms with Crippen LogP contribution in [0.25, 0.3) is 0 Å². The van der Waals surface area contributed by atoms with Crippen LogP contribution in [0.4, 0.5) is 27.7 Å². The van der Waals surface area contributed by atoms with Gasteiger partial charge < -0.3 is 29.7 Å². The number of anilines is 4. The predicted octanol–water partition coefficient (Wildman–Crippen LogP) is 3.82. The summed E-state index contributed by atoms with van der Waals surface area (Å²) in [6.45, 7) is 2.14. The van der Waals surface area contributed by atoms with Crippen LogP contribution in [0.15, 0.2) is 36.5 Å². The summed E-state index contributed by atoms with van der Waals surface area (Å²) in [7, 11) is 5.56. The van der Waals surface area contributed by atoms with Gasteiger partial charge in [-0.25, -0.2) is 9.78 Å². The summed E-state index contributed by atoms with van der Waals surface area (Å²) in [6, 6.07) is 10.8. The molecular weight excluding hydrogens is 468 g/mol. The Hall–Kier alpha value is -3.33. The van der Waals surface area contributed by atoms with Crippen molar-refractivity contribution in [3.8, 4) is 0 Å². The Labute approximate surface area is 218 Å². The Morgan fingerprint density at radius 3 is 2.62 bits per heavy atom. The molecule has 4 aliphatic rings. The lowest BCUT2D eigenvalue weighted by molar-refractivity contribution is -0.124. The molecule has 3 aliphatic heterocycles. The normalized spacial score (nSPS) is 27.3. The van der Waals surface area contributed by atoms with Gasteiger partial charge in [0.25, 0.3) is 0 Å². The quantitative estimate of drug-likeness (QED) is 0.685. The standard InChI is InChI=1S/C28H36N6O3/c1-31-23-12-14-33(17-25(23)32(2)28(31)36)20-8-11-22-24(15-20)34(16-19-5-4-13-29-26(19)30-22)27(35)18-6-9-21(37-3)10-7-18/h4-5,8,11,13,15,18,21,23,25H,6-7,9-10,12,14,16-17H2,1-3H3,(H,29,30)/t18-,21-,23-,25+/m0/s1. The third kappa shape index (κ3) is 4.19. The van der Waals surface area contributed by atoms with E-state index in [0.29, 0.717) is 6.54 Å². The molecular formula is C28H36N6O3. The number of piperidine rings is 1. The topological polar surface area (TPSA) is 81.2 Å². The van der Waals surface area contributed by atoms with E-state index in [2.05, 4.69) is 33.4 Å². The molecule has 1 aliphatic carbocycles. The highest BCUT2D eigenvalue weighted by molar-refractivity contribution is 6.00. The van der Waals surface area contributed by atoms with E-state index in [9.17, 15) is 9.59 Å². The minimum absolute atomic E-state index is 0.00874. The summed E-state index contributed by atoms with van der Waals surface area (Å²) in [5.41, 5.74) is 3.87. The number of rotatable bonds is 3. The van der Waals surface area contributed by atoms with Crippen molar-refractivity contribution >= 4 is 34.8 Å². The van der Waals surface area contributed by atoms with Gasteiger partial charge in [-0.15, -0.1) is 0 Å². The molecule has 9 heteroatoms. The van der Waals surface area contributed by atoms with E-state index in [4.69, 9.17) is 4.74 Å². The van der Waals surface area contributed by atoms with Crippen molar-refractivity contribution in [3.63, 3.8) is 0 Å². The fourth-order valence-corrected chi connectivity index (χ4v) is 6.59. The Kier molecular flexibility index (Phi) is 6.18. The zero-order chi connectivity index (χ0) is 25.7. The molecule has 0 bridgehead atoms. The van der Waals surface area contributed by atoms with Crippen LogP contribution in [0.2, 0.25) is 0 Å². The van der Waals surface area contributed by atoms with Crippen molar-refractivity contribution in [2.24, 2.45) is 5.92 Å². The van der Waals surface area contributed by atoms with E-state index in [-0.39, 0.29) is 36.0 Å². The molecule has 2 saturated heterocycles. The Bertz CT molecular complexity index is 1200. The monoisotopic (exact) mass is 504 g/mol. The van der Waals surface area contributed by atoms with Crippen LogP contribution in [0.3, 0.4) is 0 Å². The van der Waals surface area contributed by atoms with Gasteiger partial charge in [-0.2, -0.15) is 0 Å². The van der Waals surface area contributed by atoms with Crippen molar-refractivity contribution < 1.29 is 14.3 Å². The van der Waals surface area contributed by atoms with Gasteiger partial charge in [-0.1, -0.05) is 6.07 Å². The second kappa shape index (κ2) is 9.52. The van der Waals surface area contributed by atoms with Crippen LogP contribution in [-0.4, -0.2) is 79.2 Å². The number of fused-ring (bicyclic) bond motifs is 3. The number of nitrogens with one attached hydrogen (secondary N) is 1. The first-order chi connectivity index (χ1) is 17.9. The number of ether oxygens (including phenoxy) is 1. The number of pyridine rings is 1. The van der Waals surface area contributed by atoms with Crippen LogP contribution in [-0.2, 0) is 16.1 Å². The van der Waals surface area contributed by atoms with E-state index < -0.39 is 0 Å². The molecule has 2 atom stereocenters. The molecule has 1 N–H and O–H groups in total. The molecule has 9 nitrogen and oxygen atoms in total. The molecule has 0 unspecified atom stereocenters. The predicted molar refractivity (Wildman–Crippen MR) is 143 cm³/mol. The second-order valence-corrected chi connectivity index (χ2v) is 10.8. The molecule has 1 aromatic carbocycles. The number of nitrogens with zero attached hydrogens (tertiary/aromatic N) is 5. The number of amides is 3. The summed E-state index contributed by atoms with van der Waals surface area (Å²) in [4.78, 5) is 39.2. The van der Waals surface area contributed by atoms with E-state index in [1.54, 1.807) is 13.3 Å². The first-order valence-corrected chi connectivity index (χ1v) is 13.4. The van der Waals surface area contributed by atoms with Gasteiger partial charge >= 0.3 is 6.03 Å². The van der Waals surface area contributed by atoms with Crippen molar-refractivity contribution in [1.29, 1.82) is 0 Å². The molecule has 3 amide bonds. The SMILES string of the molecule is CO[C@H]1CC[C@H](C(=O)N2Cc3cccnc3Nc3ccc(N4CC[C@H]5[C@@H](C4)N(C)C(=O)N5C)cc32)CC1. The molecule has 37 heavy (non-hydrogen) atoms. The fourth-order valence-electron chi connectivity index (χ4n) is 6.59. The summed E-state index contributed by atoms with van der Waals surface area (Å²) in [5, 5.41) is 3.49. The van der Waals surface area contributed by atoms with Gasteiger partial charge in [0.2, 0.25) is 5.91 Å². The van der Waals surface area contributed by atoms with Gasteiger partial charge in [0, 0.05) is 57.7 Å². The van der Waals surface area contributed by atoms with Crippen molar-refractivity contribution in [2.45, 2.75) is 56.8 Å². The molecule has 4 heterocycles. The highest BCUT2D eigenvalue weighted by Gasteiger charge is 2.45. The number of urea groups is 1. The lowest BCUT2D eigenvalue weighted by Gasteiger charge is -2.39. The Morgan fingerprint density at radius 2 is 1.84 bits per heavy atom. The smallest absolute Gasteiger partial charge is 0.320 e. The first-order valence-electron chi connectivity index (χ1n) is 13.4. The maximum absolute atomic E-state index is 14.0. The molecule has 1 aromatic heterocycles. The minimum Gasteiger partial charge on any atom is -0.381 e. The Morgan fingerprint density at radius 1 is 1.05 bits per heavy atom. The molecule has 0 radical (unpaired) electrons. The van der Waals surface area contributed by atoms with Crippen molar-refractivity contribution in [2.75, 3.05) is 49.4 Å². The zero-order valence-electron chi connectivity index (χ0n) is 21.9. The van der Waals surface area contributed by atoms with Gasteiger partial charge in [-0.3, -0.25) is 4.79 Å². The molecule has 3 fully saturated rings. The molecule has 0 spiro atoms. The van der Waals surface area contributed by atoms with Crippen molar-refractivity contribution in [3.05, 3.63) is 42.1 Å². The summed E-state index contributed by atoms with van der Waals surface area (Å²) in [6.07, 6.45) is 6.49. The van der Waals surface area contributed by atoms with E-state index in [1.165, 1.54) is 0 Å². The number of methoxy groups -OCH3 is 1. The number of benzene rings is 1. The van der Waals surface area contributed by atoms with E-state index >= 15 is 0 Å². The van der Waals surface area contributed by atoms with Gasteiger partial charge in [0.05, 0.1) is 36.1 Å². The average molecular weight is 505 g/mol. The number of carbonyl (C=O) groups is 2. The van der Waals surface area contributed by atoms with Crippen LogP contribution in [0.1, 0.15) is 37.7 Å². The maximum Gasteiger partial charge on any atom is 0.320 e. The third-order valence-corrected chi connectivity index (χ3v) is 8.88. The number of hydrogen-bond donors (Lipinski definition) is 1. The highest BCUT2D eigenvalue weighted by Crippen LogP contribution is 2.40. The second-order valence-electron chi connectivity index (χ2n) is 10.8. The number of likely N-dealkylation sites (N-methyl/N-ethyl adjacent to an activating group) is 2. The average Bonchev–Trinajstić information content (AvgIpc) is 3.07. The summed E-state index contributed by atoms with van der Waals surface area (Å²) < 4.78 is 5.54. The van der Waals surface area contributed by atoms with Crippen LogP contribution in [0, 0.1) is 5.92 Å². The summed E-state index contributed by atoms with van der Waals surface area (Å²) in [5.74, 6) is 0.961.